The molecule has 0 bridgehead atoms. The van der Waals surface area contributed by atoms with Crippen LogP contribution in [0.25, 0.3) is 0 Å². The lowest BCUT2D eigenvalue weighted by Gasteiger charge is -2.33. The molecule has 0 saturated carbocycles. The van der Waals surface area contributed by atoms with Crippen molar-refractivity contribution in [3.63, 3.8) is 0 Å². The Bertz CT molecular complexity index is 1080. The monoisotopic (exact) mass is 503 g/mol. The van der Waals surface area contributed by atoms with E-state index in [1.807, 2.05) is 39.8 Å². The van der Waals surface area contributed by atoms with Crippen LogP contribution in [0, 0.1) is 6.92 Å². The highest BCUT2D eigenvalue weighted by Gasteiger charge is 2.32. The number of amides is 2. The Morgan fingerprint density at radius 2 is 1.60 bits per heavy atom. The van der Waals surface area contributed by atoms with E-state index in [0.717, 1.165) is 28.1 Å². The number of nitrogens with zero attached hydrogens (tertiary/aromatic N) is 2. The molecular weight excluding hydrogens is 466 g/mol. The van der Waals surface area contributed by atoms with Gasteiger partial charge in [-0.05, 0) is 56.5 Å². The molecule has 0 unspecified atom stereocenters. The highest BCUT2D eigenvalue weighted by atomic mass is 32.2. The van der Waals surface area contributed by atoms with Gasteiger partial charge in [0.2, 0.25) is 21.8 Å². The van der Waals surface area contributed by atoms with Gasteiger partial charge in [-0.25, -0.2) is 8.42 Å². The summed E-state index contributed by atoms with van der Waals surface area (Å²) < 4.78 is 31.5. The maximum Gasteiger partial charge on any atom is 0.244 e. The minimum atomic E-state index is -3.75. The van der Waals surface area contributed by atoms with Gasteiger partial charge in [-0.15, -0.1) is 0 Å². The number of sulfonamides is 1. The van der Waals surface area contributed by atoms with E-state index in [0.29, 0.717) is 17.9 Å². The zero-order valence-corrected chi connectivity index (χ0v) is 22.3. The molecule has 35 heavy (non-hydrogen) atoms. The van der Waals surface area contributed by atoms with E-state index in [-0.39, 0.29) is 18.5 Å². The number of anilines is 1. The Balaban J connectivity index is 2.42. The molecule has 0 heterocycles. The molecule has 2 aromatic carbocycles. The molecular formula is C26H37N3O5S. The van der Waals surface area contributed by atoms with Gasteiger partial charge in [0.05, 0.1) is 19.1 Å². The van der Waals surface area contributed by atoms with Crippen LogP contribution in [0.5, 0.6) is 5.75 Å². The molecule has 9 heteroatoms. The normalized spacial score (nSPS) is 13.0. The van der Waals surface area contributed by atoms with Crippen molar-refractivity contribution in [1.82, 2.24) is 10.2 Å². The van der Waals surface area contributed by atoms with Crippen LogP contribution in [0.1, 0.15) is 44.7 Å². The van der Waals surface area contributed by atoms with Crippen LogP contribution in [0.3, 0.4) is 0 Å². The van der Waals surface area contributed by atoms with Crippen molar-refractivity contribution in [2.75, 3.05) is 24.2 Å². The third kappa shape index (κ3) is 7.99. The van der Waals surface area contributed by atoms with Crippen molar-refractivity contribution in [2.24, 2.45) is 0 Å². The Kier molecular flexibility index (Phi) is 10.1. The lowest BCUT2D eigenvalue weighted by atomic mass is 10.1. The van der Waals surface area contributed by atoms with Gasteiger partial charge in [0, 0.05) is 12.6 Å². The predicted molar refractivity (Wildman–Crippen MR) is 139 cm³/mol. The molecule has 2 rings (SSSR count). The highest BCUT2D eigenvalue weighted by Crippen LogP contribution is 2.21. The number of hydrogen-bond acceptors (Lipinski definition) is 5. The second kappa shape index (κ2) is 12.6. The number of methoxy groups -OCH3 is 1. The van der Waals surface area contributed by atoms with Crippen molar-refractivity contribution in [1.29, 1.82) is 0 Å². The lowest BCUT2D eigenvalue weighted by molar-refractivity contribution is -0.140. The van der Waals surface area contributed by atoms with E-state index in [9.17, 15) is 18.0 Å². The fourth-order valence-corrected chi connectivity index (χ4v) is 4.46. The van der Waals surface area contributed by atoms with Crippen molar-refractivity contribution in [3.05, 3.63) is 59.7 Å². The quantitative estimate of drug-likeness (QED) is 0.478. The second-order valence-corrected chi connectivity index (χ2v) is 10.6. The maximum absolute atomic E-state index is 13.6. The summed E-state index contributed by atoms with van der Waals surface area (Å²) in [5.74, 6) is -0.0428. The summed E-state index contributed by atoms with van der Waals surface area (Å²) in [6.07, 6.45) is 2.21. The molecule has 0 saturated heterocycles. The molecule has 2 atom stereocenters. The molecule has 0 aliphatic carbocycles. The molecule has 1 N–H and O–H groups in total. The number of carbonyl (C=O) groups excluding carboxylic acids is 2. The zero-order valence-electron chi connectivity index (χ0n) is 21.4. The average Bonchev–Trinajstić information content (AvgIpc) is 2.82. The van der Waals surface area contributed by atoms with Crippen LogP contribution >= 0.6 is 0 Å². The molecule has 0 spiro atoms. The van der Waals surface area contributed by atoms with Crippen molar-refractivity contribution in [3.8, 4) is 5.75 Å². The third-order valence-corrected chi connectivity index (χ3v) is 7.04. The molecule has 0 aliphatic rings. The fourth-order valence-electron chi connectivity index (χ4n) is 3.61. The van der Waals surface area contributed by atoms with Gasteiger partial charge in [-0.3, -0.25) is 13.9 Å². The standard InChI is InChI=1S/C26H37N3O5S/c1-7-20(4)27-26(31)24(8-2)28(17-21-11-15-23(34-5)16-12-21)25(30)18-29(35(6,32)33)22-13-9-19(3)10-14-22/h9-16,20,24H,7-8,17-18H2,1-6H3,(H,27,31)/t20-,24+/m0/s1. The van der Waals surface area contributed by atoms with Crippen LogP contribution in [-0.2, 0) is 26.2 Å². The van der Waals surface area contributed by atoms with Gasteiger partial charge in [0.15, 0.2) is 0 Å². The molecule has 192 valence electrons. The summed E-state index contributed by atoms with van der Waals surface area (Å²) >= 11 is 0. The Morgan fingerprint density at radius 3 is 2.09 bits per heavy atom. The van der Waals surface area contributed by atoms with E-state index >= 15 is 0 Å². The number of nitrogens with one attached hydrogen (secondary N) is 1. The summed E-state index contributed by atoms with van der Waals surface area (Å²) in [7, 11) is -2.18. The Morgan fingerprint density at radius 1 is 1.00 bits per heavy atom. The van der Waals surface area contributed by atoms with Gasteiger partial charge in [0.25, 0.3) is 0 Å². The van der Waals surface area contributed by atoms with Crippen LogP contribution in [0.4, 0.5) is 5.69 Å². The van der Waals surface area contributed by atoms with Crippen LogP contribution in [0.15, 0.2) is 48.5 Å². The summed E-state index contributed by atoms with van der Waals surface area (Å²) in [4.78, 5) is 28.2. The van der Waals surface area contributed by atoms with Crippen LogP contribution in [-0.4, -0.2) is 57.1 Å². The Hall–Kier alpha value is -3.07. The highest BCUT2D eigenvalue weighted by molar-refractivity contribution is 7.92. The van der Waals surface area contributed by atoms with E-state index < -0.39 is 28.5 Å². The molecule has 0 aliphatic heterocycles. The molecule has 0 aromatic heterocycles. The van der Waals surface area contributed by atoms with E-state index in [1.165, 1.54) is 4.90 Å². The van der Waals surface area contributed by atoms with Crippen molar-refractivity contribution in [2.45, 2.75) is 59.2 Å². The van der Waals surface area contributed by atoms with E-state index in [1.54, 1.807) is 43.5 Å². The first-order valence-electron chi connectivity index (χ1n) is 11.8. The van der Waals surface area contributed by atoms with Crippen LogP contribution < -0.4 is 14.4 Å². The molecule has 0 radical (unpaired) electrons. The number of carbonyl (C=O) groups is 2. The number of benzene rings is 2. The number of hydrogen-bond donors (Lipinski definition) is 1. The number of rotatable bonds is 12. The lowest BCUT2D eigenvalue weighted by Crippen LogP contribution is -2.53. The topological polar surface area (TPSA) is 96.0 Å². The number of ether oxygens (including phenoxy) is 1. The largest absolute Gasteiger partial charge is 0.497 e. The van der Waals surface area contributed by atoms with Crippen molar-refractivity contribution < 1.29 is 22.7 Å². The first kappa shape index (κ1) is 28.2. The smallest absolute Gasteiger partial charge is 0.244 e. The van der Waals surface area contributed by atoms with Gasteiger partial charge < -0.3 is 15.0 Å². The third-order valence-electron chi connectivity index (χ3n) is 5.90. The average molecular weight is 504 g/mol. The summed E-state index contributed by atoms with van der Waals surface area (Å²) in [5, 5.41) is 2.96. The van der Waals surface area contributed by atoms with Gasteiger partial charge in [-0.2, -0.15) is 0 Å². The van der Waals surface area contributed by atoms with E-state index in [2.05, 4.69) is 5.32 Å². The Labute approximate surface area is 209 Å². The summed E-state index contributed by atoms with van der Waals surface area (Å²) in [6.45, 7) is 7.36. The fraction of sp³-hybridized carbons (Fsp3) is 0.462. The van der Waals surface area contributed by atoms with Gasteiger partial charge in [-0.1, -0.05) is 43.7 Å². The minimum Gasteiger partial charge on any atom is -0.497 e. The van der Waals surface area contributed by atoms with Gasteiger partial charge >= 0.3 is 0 Å². The molecule has 2 aromatic rings. The van der Waals surface area contributed by atoms with E-state index in [4.69, 9.17) is 4.74 Å². The van der Waals surface area contributed by atoms with Crippen molar-refractivity contribution >= 4 is 27.5 Å². The number of aryl methyl sites for hydroxylation is 1. The minimum absolute atomic E-state index is 0.0467. The first-order valence-corrected chi connectivity index (χ1v) is 13.6. The summed E-state index contributed by atoms with van der Waals surface area (Å²) in [5.41, 5.74) is 2.17. The molecule has 2 amide bonds. The molecule has 8 nitrogen and oxygen atoms in total. The molecule has 0 fully saturated rings. The first-order chi connectivity index (χ1) is 16.5. The van der Waals surface area contributed by atoms with Crippen LogP contribution in [0.2, 0.25) is 0 Å². The zero-order chi connectivity index (χ0) is 26.2. The SMILES string of the molecule is CC[C@H](C(=O)N[C@@H](C)CC)N(Cc1ccc(OC)cc1)C(=O)CN(c1ccc(C)cc1)S(C)(=O)=O. The predicted octanol–water partition coefficient (Wildman–Crippen LogP) is 3.49. The maximum atomic E-state index is 13.6. The van der Waals surface area contributed by atoms with Gasteiger partial charge in [0.1, 0.15) is 18.3 Å². The summed E-state index contributed by atoms with van der Waals surface area (Å²) in [6, 6.07) is 13.4. The second-order valence-electron chi connectivity index (χ2n) is 8.72.